The van der Waals surface area contributed by atoms with Gasteiger partial charge in [-0.25, -0.2) is 9.97 Å². The third-order valence-electron chi connectivity index (χ3n) is 3.93. The molecular weight excluding hydrogens is 428 g/mol. The molecule has 0 spiro atoms. The predicted octanol–water partition coefficient (Wildman–Crippen LogP) is 4.69. The van der Waals surface area contributed by atoms with Crippen molar-refractivity contribution < 1.29 is 14.4 Å². The highest BCUT2D eigenvalue weighted by Crippen LogP contribution is 2.41. The minimum absolute atomic E-state index is 0.0810. The number of rotatable bonds is 11. The van der Waals surface area contributed by atoms with Crippen molar-refractivity contribution in [2.75, 3.05) is 45.4 Å². The molecule has 0 radical (unpaired) electrons. The van der Waals surface area contributed by atoms with Crippen LogP contribution < -0.4 is 4.90 Å². The highest BCUT2D eigenvalue weighted by molar-refractivity contribution is 7.20. The maximum atomic E-state index is 10.8. The van der Waals surface area contributed by atoms with E-state index < -0.39 is 4.92 Å². The predicted molar refractivity (Wildman–Crippen MR) is 116 cm³/mol. The van der Waals surface area contributed by atoms with Crippen molar-refractivity contribution in [2.45, 2.75) is 0 Å². The summed E-state index contributed by atoms with van der Waals surface area (Å²) >= 11 is 2.25. The summed E-state index contributed by atoms with van der Waals surface area (Å²) in [5.74, 6) is 0. The van der Waals surface area contributed by atoms with Gasteiger partial charge in [-0.1, -0.05) is 41.7 Å². The molecule has 10 nitrogen and oxygen atoms in total. The maximum absolute atomic E-state index is 10.8. The van der Waals surface area contributed by atoms with Gasteiger partial charge in [0.05, 0.1) is 18.1 Å². The fraction of sp³-hybridized carbons (Fsp3) is 0.333. The van der Waals surface area contributed by atoms with Gasteiger partial charge in [-0.15, -0.1) is 10.2 Å². The molecule has 0 saturated carbocycles. The lowest BCUT2D eigenvalue weighted by Gasteiger charge is -2.20. The maximum Gasteiger partial charge on any atom is 0.345 e. The molecule has 0 atom stereocenters. The Morgan fingerprint density at radius 1 is 1.10 bits per heavy atom. The van der Waals surface area contributed by atoms with Crippen molar-refractivity contribution in [3.8, 4) is 11.3 Å². The zero-order chi connectivity index (χ0) is 21.3. The molecule has 0 aliphatic carbocycles. The molecule has 0 aliphatic heterocycles. The number of ether oxygens (including phenoxy) is 2. The standard InChI is InChI=1S/C18H20N6O4S2/c1-27-10-8-23(9-11-28-2)18-20-15(13-6-4-3-5-7-13)16(30-18)21-22-17-19-12-14(29-17)24(25)26/h3-7,12H,8-11H2,1-2H3/b22-21-. The van der Waals surface area contributed by atoms with Crippen molar-refractivity contribution in [1.29, 1.82) is 0 Å². The van der Waals surface area contributed by atoms with Crippen molar-refractivity contribution >= 4 is 42.9 Å². The number of nitro groups is 1. The van der Waals surface area contributed by atoms with E-state index >= 15 is 0 Å². The first kappa shape index (κ1) is 21.9. The van der Waals surface area contributed by atoms with Gasteiger partial charge in [0.25, 0.3) is 0 Å². The van der Waals surface area contributed by atoms with Crippen LogP contribution in [-0.4, -0.2) is 55.4 Å². The van der Waals surface area contributed by atoms with Crippen LogP contribution in [0.3, 0.4) is 0 Å². The topological polar surface area (TPSA) is 115 Å². The lowest BCUT2D eigenvalue weighted by molar-refractivity contribution is -0.380. The second kappa shape index (κ2) is 10.8. The Labute approximate surface area is 181 Å². The fourth-order valence-electron chi connectivity index (χ4n) is 2.47. The Morgan fingerprint density at radius 3 is 2.40 bits per heavy atom. The van der Waals surface area contributed by atoms with E-state index in [0.29, 0.717) is 37.0 Å². The molecule has 3 aromatic rings. The molecule has 0 aliphatic rings. The number of nitrogens with zero attached hydrogens (tertiary/aromatic N) is 6. The first-order valence-electron chi connectivity index (χ1n) is 8.93. The molecule has 158 valence electrons. The number of hydrogen-bond acceptors (Lipinski definition) is 11. The second-order valence-electron chi connectivity index (χ2n) is 5.93. The summed E-state index contributed by atoms with van der Waals surface area (Å²) in [6.07, 6.45) is 1.17. The Balaban J connectivity index is 1.94. The number of methoxy groups -OCH3 is 2. The van der Waals surface area contributed by atoms with Crippen LogP contribution in [0.4, 0.5) is 20.3 Å². The van der Waals surface area contributed by atoms with E-state index in [0.717, 1.165) is 22.0 Å². The van der Waals surface area contributed by atoms with E-state index in [-0.39, 0.29) is 10.1 Å². The molecule has 3 rings (SSSR count). The second-order valence-corrected chi connectivity index (χ2v) is 7.87. The van der Waals surface area contributed by atoms with Gasteiger partial charge in [-0.2, -0.15) is 0 Å². The lowest BCUT2D eigenvalue weighted by atomic mass is 10.2. The zero-order valence-corrected chi connectivity index (χ0v) is 18.1. The van der Waals surface area contributed by atoms with Gasteiger partial charge in [-0.3, -0.25) is 10.1 Å². The average molecular weight is 449 g/mol. The molecule has 0 bridgehead atoms. The minimum Gasteiger partial charge on any atom is -0.383 e. The number of benzene rings is 1. The van der Waals surface area contributed by atoms with E-state index in [1.165, 1.54) is 17.5 Å². The molecule has 2 aromatic heterocycles. The highest BCUT2D eigenvalue weighted by Gasteiger charge is 2.18. The molecule has 0 amide bonds. The summed E-state index contributed by atoms with van der Waals surface area (Å²) in [6, 6.07) is 9.66. The third kappa shape index (κ3) is 5.63. The molecule has 0 fully saturated rings. The van der Waals surface area contributed by atoms with Crippen LogP contribution in [0.1, 0.15) is 0 Å². The number of aromatic nitrogens is 2. The van der Waals surface area contributed by atoms with Gasteiger partial charge in [0.1, 0.15) is 11.9 Å². The summed E-state index contributed by atoms with van der Waals surface area (Å²) in [6.45, 7) is 2.39. The van der Waals surface area contributed by atoms with Gasteiger partial charge >= 0.3 is 5.00 Å². The number of hydrogen-bond donors (Lipinski definition) is 0. The number of thiazole rings is 2. The van der Waals surface area contributed by atoms with Crippen LogP contribution >= 0.6 is 22.7 Å². The Kier molecular flexibility index (Phi) is 7.90. The van der Waals surface area contributed by atoms with Crippen LogP contribution in [-0.2, 0) is 9.47 Å². The van der Waals surface area contributed by atoms with E-state index in [9.17, 15) is 10.1 Å². The van der Waals surface area contributed by atoms with Crippen LogP contribution in [0.15, 0.2) is 46.8 Å². The highest BCUT2D eigenvalue weighted by atomic mass is 32.1. The van der Waals surface area contributed by atoms with Crippen molar-refractivity contribution in [2.24, 2.45) is 10.2 Å². The quantitative estimate of drug-likeness (QED) is 0.237. The summed E-state index contributed by atoms with van der Waals surface area (Å²) in [5.41, 5.74) is 1.59. The van der Waals surface area contributed by atoms with Crippen molar-refractivity contribution in [3.63, 3.8) is 0 Å². The summed E-state index contributed by atoms with van der Waals surface area (Å²) in [4.78, 5) is 21.1. The molecular formula is C18H20N6O4S2. The van der Waals surface area contributed by atoms with Crippen LogP contribution in [0, 0.1) is 10.1 Å². The Morgan fingerprint density at radius 2 is 1.80 bits per heavy atom. The van der Waals surface area contributed by atoms with Gasteiger partial charge in [0.15, 0.2) is 10.1 Å². The Bertz CT molecular complexity index is 984. The lowest BCUT2D eigenvalue weighted by Crippen LogP contribution is -2.30. The molecule has 0 saturated heterocycles. The molecule has 2 heterocycles. The van der Waals surface area contributed by atoms with E-state index in [4.69, 9.17) is 14.5 Å². The summed E-state index contributed by atoms with van der Waals surface area (Å²) in [5, 5.41) is 20.7. The van der Waals surface area contributed by atoms with Crippen molar-refractivity contribution in [3.05, 3.63) is 46.6 Å². The van der Waals surface area contributed by atoms with Crippen LogP contribution in [0.2, 0.25) is 0 Å². The van der Waals surface area contributed by atoms with Crippen LogP contribution in [0.5, 0.6) is 0 Å². The van der Waals surface area contributed by atoms with E-state index in [1.807, 2.05) is 30.3 Å². The number of azo groups is 1. The third-order valence-corrected chi connectivity index (χ3v) is 5.77. The molecule has 0 unspecified atom stereocenters. The van der Waals surface area contributed by atoms with E-state index in [2.05, 4.69) is 20.1 Å². The first-order valence-corrected chi connectivity index (χ1v) is 10.6. The monoisotopic (exact) mass is 448 g/mol. The van der Waals surface area contributed by atoms with Gasteiger partial charge < -0.3 is 14.4 Å². The SMILES string of the molecule is COCCN(CCOC)c1nc(-c2ccccc2)c(/N=N\c2ncc([N+](=O)[O-])s2)s1. The summed E-state index contributed by atoms with van der Waals surface area (Å²) < 4.78 is 10.4. The first-order chi connectivity index (χ1) is 14.6. The number of anilines is 1. The van der Waals surface area contributed by atoms with Crippen LogP contribution in [0.25, 0.3) is 11.3 Å². The average Bonchev–Trinajstić information content (AvgIpc) is 3.40. The molecule has 30 heavy (non-hydrogen) atoms. The summed E-state index contributed by atoms with van der Waals surface area (Å²) in [7, 11) is 3.30. The normalized spacial score (nSPS) is 11.3. The van der Waals surface area contributed by atoms with Crippen molar-refractivity contribution in [1.82, 2.24) is 9.97 Å². The largest absolute Gasteiger partial charge is 0.383 e. The smallest absolute Gasteiger partial charge is 0.345 e. The van der Waals surface area contributed by atoms with Gasteiger partial charge in [0, 0.05) is 32.9 Å². The zero-order valence-electron chi connectivity index (χ0n) is 16.4. The van der Waals surface area contributed by atoms with E-state index in [1.54, 1.807) is 14.2 Å². The van der Waals surface area contributed by atoms with Gasteiger partial charge in [0.2, 0.25) is 5.13 Å². The molecule has 1 aromatic carbocycles. The van der Waals surface area contributed by atoms with Gasteiger partial charge in [-0.05, 0) is 11.3 Å². The Hall–Kier alpha value is -2.80. The minimum atomic E-state index is -0.500. The molecule has 0 N–H and O–H groups in total. The fourth-order valence-corrected chi connectivity index (χ4v) is 3.99. The molecule has 12 heteroatoms.